The Bertz CT molecular complexity index is 1240. The van der Waals surface area contributed by atoms with Gasteiger partial charge in [0.15, 0.2) is 0 Å². The third kappa shape index (κ3) is 7.92. The van der Waals surface area contributed by atoms with E-state index in [4.69, 9.17) is 0 Å². The van der Waals surface area contributed by atoms with Crippen LogP contribution in [-0.2, 0) is 6.42 Å². The van der Waals surface area contributed by atoms with Crippen LogP contribution in [0.25, 0.3) is 11.1 Å². The van der Waals surface area contributed by atoms with Gasteiger partial charge in [-0.15, -0.1) is 0 Å². The summed E-state index contributed by atoms with van der Waals surface area (Å²) in [5.74, 6) is 0.00389. The van der Waals surface area contributed by atoms with Gasteiger partial charge < -0.3 is 19.6 Å². The lowest BCUT2D eigenvalue weighted by atomic mass is 10.0. The molecular weight excluding hydrogens is 528 g/mol. The molecule has 3 aromatic rings. The van der Waals surface area contributed by atoms with Gasteiger partial charge in [-0.3, -0.25) is 4.79 Å². The van der Waals surface area contributed by atoms with Gasteiger partial charge in [-0.25, -0.2) is 4.79 Å². The van der Waals surface area contributed by atoms with Crippen LogP contribution >= 0.6 is 13.5 Å². The van der Waals surface area contributed by atoms with Crippen LogP contribution in [0.1, 0.15) is 42.6 Å². The lowest BCUT2D eigenvalue weighted by Crippen LogP contribution is -2.47. The number of hydrogen-bond acceptors (Lipinski definition) is 3. The lowest BCUT2D eigenvalue weighted by Gasteiger charge is -2.30. The number of rotatable bonds is 8. The number of carbonyl (C=O) groups is 2. The lowest BCUT2D eigenvalue weighted by molar-refractivity contribution is 0.0734. The van der Waals surface area contributed by atoms with Gasteiger partial charge in [0.05, 0.1) is 6.04 Å². The van der Waals surface area contributed by atoms with Crippen molar-refractivity contribution in [2.45, 2.75) is 45.2 Å². The third-order valence-electron chi connectivity index (χ3n) is 8.42. The highest BCUT2D eigenvalue weighted by Crippen LogP contribution is 2.23. The van der Waals surface area contributed by atoms with Gasteiger partial charge in [-0.1, -0.05) is 80.2 Å². The van der Waals surface area contributed by atoms with Crippen LogP contribution in [0.15, 0.2) is 84.9 Å². The molecule has 2 fully saturated rings. The number of urea groups is 1. The first-order chi connectivity index (χ1) is 19.0. The van der Waals surface area contributed by atoms with Crippen molar-refractivity contribution in [1.29, 1.82) is 0 Å². The van der Waals surface area contributed by atoms with E-state index in [1.54, 1.807) is 0 Å². The molecule has 0 radical (unpaired) electrons. The van der Waals surface area contributed by atoms with Gasteiger partial charge in [-0.05, 0) is 61.1 Å². The third-order valence-corrected chi connectivity index (χ3v) is 8.42. The van der Waals surface area contributed by atoms with E-state index >= 15 is 0 Å². The number of likely N-dealkylation sites (tertiary alicyclic amines) is 2. The van der Waals surface area contributed by atoms with Crippen molar-refractivity contribution in [1.82, 2.24) is 19.6 Å². The maximum Gasteiger partial charge on any atom is 0.320 e. The number of nitrogens with zero attached hydrogens (tertiary/aromatic N) is 4. The molecule has 220 valence electrons. The van der Waals surface area contributed by atoms with E-state index in [0.717, 1.165) is 56.4 Å². The standard InChI is InChI=1S/C33H40N4O2.CH4.H2S/c1-34(32(38)29-17-15-28(16-18-29)27-13-7-4-8-14-27)31-20-23-37(25-31)33(39)35(2)30-19-22-36(24-30)21-9-12-26-10-5-3-6-11-26;;/h3-8,10-11,13-18,30-31H,9,12,19-25H2,1-2H3;1H4;1H2/t30?,31-;;/m0../s1. The highest BCUT2D eigenvalue weighted by Gasteiger charge is 2.35. The van der Waals surface area contributed by atoms with Crippen LogP contribution in [0.4, 0.5) is 4.79 Å². The van der Waals surface area contributed by atoms with E-state index in [2.05, 4.69) is 47.4 Å². The van der Waals surface area contributed by atoms with Gasteiger partial charge in [-0.2, -0.15) is 13.5 Å². The van der Waals surface area contributed by atoms with Crippen molar-refractivity contribution in [2.75, 3.05) is 46.8 Å². The molecule has 2 atom stereocenters. The molecule has 6 nitrogen and oxygen atoms in total. The summed E-state index contributed by atoms with van der Waals surface area (Å²) < 4.78 is 0. The Morgan fingerprint density at radius 2 is 1.34 bits per heavy atom. The van der Waals surface area contributed by atoms with Crippen LogP contribution in [0.3, 0.4) is 0 Å². The Morgan fingerprint density at radius 3 is 2.02 bits per heavy atom. The normalized spacial score (nSPS) is 18.3. The van der Waals surface area contributed by atoms with Gasteiger partial charge in [0.25, 0.3) is 5.91 Å². The largest absolute Gasteiger partial charge is 0.337 e. The van der Waals surface area contributed by atoms with Crippen LogP contribution in [-0.4, -0.2) is 90.4 Å². The summed E-state index contributed by atoms with van der Waals surface area (Å²) in [6.45, 7) is 4.32. The Kier molecular flexibility index (Phi) is 11.9. The number of carbonyl (C=O) groups excluding carboxylic acids is 2. The summed E-state index contributed by atoms with van der Waals surface area (Å²) in [5, 5.41) is 0. The number of hydrogen-bond donors (Lipinski definition) is 0. The van der Waals surface area contributed by atoms with Crippen molar-refractivity contribution in [2.24, 2.45) is 0 Å². The highest BCUT2D eigenvalue weighted by atomic mass is 32.1. The SMILES string of the molecule is C.CN(C(=O)N1CC[C@H](N(C)C(=O)c2ccc(-c3ccccc3)cc2)C1)C1CCN(CCCc2ccccc2)C1.S. The van der Waals surface area contributed by atoms with Crippen LogP contribution in [0.2, 0.25) is 0 Å². The molecule has 5 rings (SSSR count). The van der Waals surface area contributed by atoms with E-state index in [-0.39, 0.29) is 44.9 Å². The van der Waals surface area contributed by atoms with Gasteiger partial charge in [0.1, 0.15) is 0 Å². The predicted octanol–water partition coefficient (Wildman–Crippen LogP) is 6.01. The maximum absolute atomic E-state index is 13.3. The zero-order chi connectivity index (χ0) is 27.2. The molecule has 3 amide bonds. The second-order valence-electron chi connectivity index (χ2n) is 11.0. The second-order valence-corrected chi connectivity index (χ2v) is 11.0. The monoisotopic (exact) mass is 574 g/mol. The molecule has 0 aromatic heterocycles. The van der Waals surface area contributed by atoms with Crippen LogP contribution in [0, 0.1) is 0 Å². The van der Waals surface area contributed by atoms with E-state index in [1.807, 2.05) is 71.3 Å². The van der Waals surface area contributed by atoms with Crippen molar-refractivity contribution >= 4 is 25.4 Å². The first-order valence-corrected chi connectivity index (χ1v) is 14.2. The van der Waals surface area contributed by atoms with Gasteiger partial charge in [0, 0.05) is 51.9 Å². The quantitative estimate of drug-likeness (QED) is 0.331. The maximum atomic E-state index is 13.3. The summed E-state index contributed by atoms with van der Waals surface area (Å²) in [6, 6.07) is 29.0. The molecule has 2 aliphatic rings. The minimum absolute atomic E-state index is 0. The summed E-state index contributed by atoms with van der Waals surface area (Å²) in [6.07, 6.45) is 4.05. The molecule has 1 unspecified atom stereocenters. The number of amides is 3. The van der Waals surface area contributed by atoms with Crippen molar-refractivity contribution in [3.05, 3.63) is 96.1 Å². The molecule has 0 spiro atoms. The highest BCUT2D eigenvalue weighted by molar-refractivity contribution is 7.59. The molecule has 2 aliphatic heterocycles. The minimum atomic E-state index is 0. The Balaban J connectivity index is 0.00000231. The fourth-order valence-corrected chi connectivity index (χ4v) is 5.90. The smallest absolute Gasteiger partial charge is 0.320 e. The number of likely N-dealkylation sites (N-methyl/N-ethyl adjacent to an activating group) is 2. The average Bonchev–Trinajstić information content (AvgIpc) is 3.67. The summed E-state index contributed by atoms with van der Waals surface area (Å²) >= 11 is 0. The molecule has 2 saturated heterocycles. The van der Waals surface area contributed by atoms with E-state index in [1.165, 1.54) is 5.56 Å². The Morgan fingerprint density at radius 1 is 0.756 bits per heavy atom. The molecule has 0 N–H and O–H groups in total. The van der Waals surface area contributed by atoms with Gasteiger partial charge >= 0.3 is 6.03 Å². The molecule has 7 heteroatoms. The van der Waals surface area contributed by atoms with Crippen molar-refractivity contribution < 1.29 is 9.59 Å². The average molecular weight is 575 g/mol. The minimum Gasteiger partial charge on any atom is -0.337 e. The fraction of sp³-hybridized carbons (Fsp3) is 0.412. The molecular formula is C34H46N4O2S. The van der Waals surface area contributed by atoms with Crippen LogP contribution < -0.4 is 0 Å². The summed E-state index contributed by atoms with van der Waals surface area (Å²) in [7, 11) is 3.80. The van der Waals surface area contributed by atoms with Crippen molar-refractivity contribution in [3.63, 3.8) is 0 Å². The van der Waals surface area contributed by atoms with Gasteiger partial charge in [0.2, 0.25) is 0 Å². The number of aryl methyl sites for hydroxylation is 1. The zero-order valence-electron chi connectivity index (χ0n) is 23.7. The predicted molar refractivity (Wildman–Crippen MR) is 174 cm³/mol. The first-order valence-electron chi connectivity index (χ1n) is 14.2. The number of benzene rings is 3. The van der Waals surface area contributed by atoms with E-state index in [9.17, 15) is 9.59 Å². The molecule has 2 heterocycles. The fourth-order valence-electron chi connectivity index (χ4n) is 5.90. The Hall–Kier alpha value is -3.29. The zero-order valence-corrected chi connectivity index (χ0v) is 24.7. The summed E-state index contributed by atoms with van der Waals surface area (Å²) in [4.78, 5) is 34.7. The van der Waals surface area contributed by atoms with E-state index in [0.29, 0.717) is 18.7 Å². The molecule has 0 saturated carbocycles. The molecule has 41 heavy (non-hydrogen) atoms. The second kappa shape index (κ2) is 15.1. The summed E-state index contributed by atoms with van der Waals surface area (Å²) in [5.41, 5.74) is 4.29. The first kappa shape index (κ1) is 32.2. The molecule has 0 bridgehead atoms. The Labute approximate surface area is 253 Å². The topological polar surface area (TPSA) is 47.1 Å². The molecule has 0 aliphatic carbocycles. The molecule has 3 aromatic carbocycles. The van der Waals surface area contributed by atoms with Crippen LogP contribution in [0.5, 0.6) is 0 Å². The van der Waals surface area contributed by atoms with Crippen molar-refractivity contribution in [3.8, 4) is 11.1 Å². The van der Waals surface area contributed by atoms with E-state index < -0.39 is 0 Å².